The number of hydrogen-bond donors (Lipinski definition) is 1. The molecular weight excluding hydrogens is 334 g/mol. The van der Waals surface area contributed by atoms with E-state index in [1.165, 1.54) is 11.3 Å². The topological polar surface area (TPSA) is 55.7 Å². The molecule has 0 amide bonds. The fourth-order valence-corrected chi connectivity index (χ4v) is 3.07. The second kappa shape index (κ2) is 7.81. The van der Waals surface area contributed by atoms with Gasteiger partial charge >= 0.3 is 0 Å². The third-order valence-corrected chi connectivity index (χ3v) is 4.43. The Balaban J connectivity index is 1.75. The van der Waals surface area contributed by atoms with Gasteiger partial charge in [-0.25, -0.2) is 4.98 Å². The van der Waals surface area contributed by atoms with Crippen LogP contribution in [-0.2, 0) is 0 Å². The predicted molar refractivity (Wildman–Crippen MR) is 103 cm³/mol. The Morgan fingerprint density at radius 2 is 1.84 bits per heavy atom. The molecule has 3 rings (SSSR count). The summed E-state index contributed by atoms with van der Waals surface area (Å²) in [4.78, 5) is 4.54. The fourth-order valence-electron chi connectivity index (χ4n) is 2.40. The first-order valence-corrected chi connectivity index (χ1v) is 8.62. The van der Waals surface area contributed by atoms with E-state index in [1.807, 2.05) is 54.8 Å². The van der Waals surface area contributed by atoms with E-state index in [-0.39, 0.29) is 0 Å². The van der Waals surface area contributed by atoms with E-state index in [1.54, 1.807) is 20.4 Å². The van der Waals surface area contributed by atoms with Gasteiger partial charge in [-0.2, -0.15) is 5.10 Å². The molecule has 0 spiro atoms. The lowest BCUT2D eigenvalue weighted by atomic mass is 10.1. The molecule has 0 unspecified atom stereocenters. The van der Waals surface area contributed by atoms with Crippen molar-refractivity contribution in [1.82, 2.24) is 4.98 Å². The largest absolute Gasteiger partial charge is 0.496 e. The first-order valence-electron chi connectivity index (χ1n) is 7.74. The van der Waals surface area contributed by atoms with E-state index in [0.29, 0.717) is 0 Å². The molecule has 1 N–H and O–H groups in total. The van der Waals surface area contributed by atoms with Crippen molar-refractivity contribution in [3.8, 4) is 22.8 Å². The minimum atomic E-state index is 0.730. The standard InChI is InChI=1S/C19H19N3O2S/c1-13-9-18(24-3)15(10-17(13)23-2)11-20-22-19-21-16(12-25-19)14-7-5-4-6-8-14/h4-12H,1-3H3,(H,21,22). The molecule has 0 aliphatic heterocycles. The predicted octanol–water partition coefficient (Wildman–Crippen LogP) is 4.58. The van der Waals surface area contributed by atoms with Crippen molar-refractivity contribution in [1.29, 1.82) is 0 Å². The average Bonchev–Trinajstić information content (AvgIpc) is 3.12. The van der Waals surface area contributed by atoms with Crippen LogP contribution in [0.5, 0.6) is 11.5 Å². The first kappa shape index (κ1) is 17.0. The van der Waals surface area contributed by atoms with Crippen molar-refractivity contribution in [3.05, 3.63) is 59.0 Å². The number of rotatable bonds is 6. The van der Waals surface area contributed by atoms with Crippen molar-refractivity contribution in [2.75, 3.05) is 19.6 Å². The Labute approximate surface area is 151 Å². The number of ether oxygens (including phenoxy) is 2. The number of methoxy groups -OCH3 is 2. The van der Waals surface area contributed by atoms with Crippen molar-refractivity contribution in [2.45, 2.75) is 6.92 Å². The summed E-state index contributed by atoms with van der Waals surface area (Å²) < 4.78 is 10.8. The number of hydrogen-bond acceptors (Lipinski definition) is 6. The SMILES string of the molecule is COc1cc(C=NNc2nc(-c3ccccc3)cs2)c(OC)cc1C. The summed E-state index contributed by atoms with van der Waals surface area (Å²) in [6.45, 7) is 1.97. The quantitative estimate of drug-likeness (QED) is 0.520. The molecular formula is C19H19N3O2S. The van der Waals surface area contributed by atoms with Crippen molar-refractivity contribution < 1.29 is 9.47 Å². The van der Waals surface area contributed by atoms with Gasteiger partial charge in [0, 0.05) is 16.5 Å². The number of anilines is 1. The van der Waals surface area contributed by atoms with Crippen LogP contribution in [0.25, 0.3) is 11.3 Å². The molecule has 0 aliphatic carbocycles. The molecule has 2 aromatic carbocycles. The van der Waals surface area contributed by atoms with E-state index in [0.717, 1.165) is 39.0 Å². The van der Waals surface area contributed by atoms with Gasteiger partial charge in [-0.15, -0.1) is 11.3 Å². The average molecular weight is 353 g/mol. The van der Waals surface area contributed by atoms with Crippen LogP contribution in [0, 0.1) is 6.92 Å². The lowest BCUT2D eigenvalue weighted by molar-refractivity contribution is 0.400. The molecule has 25 heavy (non-hydrogen) atoms. The van der Waals surface area contributed by atoms with Gasteiger partial charge in [0.2, 0.25) is 5.13 Å². The Kier molecular flexibility index (Phi) is 5.30. The number of hydrazone groups is 1. The maximum atomic E-state index is 5.40. The number of benzene rings is 2. The van der Waals surface area contributed by atoms with Gasteiger partial charge in [-0.1, -0.05) is 30.3 Å². The van der Waals surface area contributed by atoms with Gasteiger partial charge < -0.3 is 9.47 Å². The molecule has 0 saturated carbocycles. The lowest BCUT2D eigenvalue weighted by Gasteiger charge is -2.10. The highest BCUT2D eigenvalue weighted by Crippen LogP contribution is 2.27. The van der Waals surface area contributed by atoms with E-state index in [4.69, 9.17) is 9.47 Å². The van der Waals surface area contributed by atoms with E-state index < -0.39 is 0 Å². The second-order valence-electron chi connectivity index (χ2n) is 5.34. The highest BCUT2D eigenvalue weighted by Gasteiger charge is 2.07. The zero-order valence-electron chi connectivity index (χ0n) is 14.3. The number of aryl methyl sites for hydroxylation is 1. The van der Waals surface area contributed by atoms with Gasteiger partial charge in [0.05, 0.1) is 26.1 Å². The summed E-state index contributed by atoms with van der Waals surface area (Å²) in [5.74, 6) is 1.54. The number of nitrogens with one attached hydrogen (secondary N) is 1. The van der Waals surface area contributed by atoms with E-state index >= 15 is 0 Å². The summed E-state index contributed by atoms with van der Waals surface area (Å²) in [7, 11) is 3.29. The normalized spacial score (nSPS) is 10.8. The molecule has 3 aromatic rings. The molecule has 0 fully saturated rings. The summed E-state index contributed by atoms with van der Waals surface area (Å²) in [6, 6.07) is 13.9. The minimum absolute atomic E-state index is 0.730. The van der Waals surface area contributed by atoms with Crippen molar-refractivity contribution in [3.63, 3.8) is 0 Å². The Morgan fingerprint density at radius 1 is 1.08 bits per heavy atom. The first-order chi connectivity index (χ1) is 12.2. The van der Waals surface area contributed by atoms with Crippen molar-refractivity contribution >= 4 is 22.7 Å². The van der Waals surface area contributed by atoms with Crippen LogP contribution in [0.2, 0.25) is 0 Å². The molecule has 5 nitrogen and oxygen atoms in total. The van der Waals surface area contributed by atoms with Crippen molar-refractivity contribution in [2.24, 2.45) is 5.10 Å². The third kappa shape index (κ3) is 3.97. The van der Waals surface area contributed by atoms with E-state index in [2.05, 4.69) is 15.5 Å². The van der Waals surface area contributed by atoms with Crippen LogP contribution < -0.4 is 14.9 Å². The monoisotopic (exact) mass is 353 g/mol. The zero-order valence-corrected chi connectivity index (χ0v) is 15.1. The number of thiazole rings is 1. The molecule has 0 aliphatic rings. The molecule has 0 atom stereocenters. The lowest BCUT2D eigenvalue weighted by Crippen LogP contribution is -1.97. The highest BCUT2D eigenvalue weighted by molar-refractivity contribution is 7.14. The van der Waals surface area contributed by atoms with Crippen LogP contribution >= 0.6 is 11.3 Å². The molecule has 0 bridgehead atoms. The van der Waals surface area contributed by atoms with Gasteiger partial charge in [0.15, 0.2) is 0 Å². The molecule has 0 radical (unpaired) electrons. The molecule has 1 heterocycles. The van der Waals surface area contributed by atoms with Crippen LogP contribution in [0.15, 0.2) is 52.9 Å². The summed E-state index contributed by atoms with van der Waals surface area (Å²) >= 11 is 1.51. The van der Waals surface area contributed by atoms with Crippen LogP contribution in [0.1, 0.15) is 11.1 Å². The molecule has 1 aromatic heterocycles. The number of nitrogens with zero attached hydrogens (tertiary/aromatic N) is 2. The third-order valence-electron chi connectivity index (χ3n) is 3.68. The fraction of sp³-hybridized carbons (Fsp3) is 0.158. The highest BCUT2D eigenvalue weighted by atomic mass is 32.1. The van der Waals surface area contributed by atoms with Gasteiger partial charge in [0.1, 0.15) is 11.5 Å². The molecule has 6 heteroatoms. The van der Waals surface area contributed by atoms with Gasteiger partial charge in [0.25, 0.3) is 0 Å². The zero-order chi connectivity index (χ0) is 17.6. The summed E-state index contributed by atoms with van der Waals surface area (Å²) in [5.41, 5.74) is 6.82. The van der Waals surface area contributed by atoms with Crippen LogP contribution in [-0.4, -0.2) is 25.4 Å². The molecule has 128 valence electrons. The second-order valence-corrected chi connectivity index (χ2v) is 6.20. The maximum absolute atomic E-state index is 5.40. The Hall–Kier alpha value is -2.86. The van der Waals surface area contributed by atoms with Crippen LogP contribution in [0.4, 0.5) is 5.13 Å². The Bertz CT molecular complexity index is 876. The minimum Gasteiger partial charge on any atom is -0.496 e. The maximum Gasteiger partial charge on any atom is 0.203 e. The number of aromatic nitrogens is 1. The van der Waals surface area contributed by atoms with Crippen LogP contribution in [0.3, 0.4) is 0 Å². The Morgan fingerprint density at radius 3 is 2.56 bits per heavy atom. The molecule has 0 saturated heterocycles. The smallest absolute Gasteiger partial charge is 0.203 e. The van der Waals surface area contributed by atoms with E-state index in [9.17, 15) is 0 Å². The van der Waals surface area contributed by atoms with Gasteiger partial charge in [-0.3, -0.25) is 5.43 Å². The summed E-state index contributed by atoms with van der Waals surface area (Å²) in [6.07, 6.45) is 1.70. The summed E-state index contributed by atoms with van der Waals surface area (Å²) in [5, 5.41) is 7.00. The van der Waals surface area contributed by atoms with Gasteiger partial charge in [-0.05, 0) is 24.6 Å².